The minimum Gasteiger partial charge on any atom is -0.484 e. The molecule has 0 saturated heterocycles. The molecule has 0 spiro atoms. The Balaban J connectivity index is 1.75. The molecule has 2 aromatic carbocycles. The Bertz CT molecular complexity index is 1030. The van der Waals surface area contributed by atoms with Crippen molar-refractivity contribution in [3.05, 3.63) is 58.6 Å². The van der Waals surface area contributed by atoms with Crippen molar-refractivity contribution < 1.29 is 23.9 Å². The van der Waals surface area contributed by atoms with Gasteiger partial charge < -0.3 is 20.1 Å². The summed E-state index contributed by atoms with van der Waals surface area (Å²) in [5.74, 6) is -1.55. The third kappa shape index (κ3) is 10.0. The first-order valence-corrected chi connectivity index (χ1v) is 11.1. The Labute approximate surface area is 203 Å². The molecule has 2 aromatic rings. The number of hydrogen-bond acceptors (Lipinski definition) is 6. The van der Waals surface area contributed by atoms with Gasteiger partial charge in [-0.05, 0) is 62.6 Å². The number of hydrazone groups is 1. The Kier molecular flexibility index (Phi) is 11.0. The molecule has 3 amide bonds. The fourth-order valence-corrected chi connectivity index (χ4v) is 2.77. The number of benzene rings is 2. The third-order valence-corrected chi connectivity index (χ3v) is 4.73. The molecule has 34 heavy (non-hydrogen) atoms. The molecule has 10 heteroatoms. The van der Waals surface area contributed by atoms with E-state index >= 15 is 0 Å². The van der Waals surface area contributed by atoms with Crippen LogP contribution in [0.5, 0.6) is 5.75 Å². The van der Waals surface area contributed by atoms with Gasteiger partial charge in [0.15, 0.2) is 6.61 Å². The lowest BCUT2D eigenvalue weighted by atomic mass is 10.2. The Morgan fingerprint density at radius 3 is 2.65 bits per heavy atom. The first-order chi connectivity index (χ1) is 16.2. The smallest absolute Gasteiger partial charge is 0.329 e. The molecule has 0 bridgehead atoms. The van der Waals surface area contributed by atoms with Crippen LogP contribution in [0.3, 0.4) is 0 Å². The molecule has 182 valence electrons. The van der Waals surface area contributed by atoms with Crippen LogP contribution in [-0.4, -0.2) is 49.8 Å². The van der Waals surface area contributed by atoms with Gasteiger partial charge in [0.05, 0.1) is 12.3 Å². The van der Waals surface area contributed by atoms with Crippen LogP contribution >= 0.6 is 11.6 Å². The molecule has 0 unspecified atom stereocenters. The molecule has 0 aromatic heterocycles. The average Bonchev–Trinajstić information content (AvgIpc) is 2.80. The van der Waals surface area contributed by atoms with Gasteiger partial charge in [-0.2, -0.15) is 5.10 Å². The predicted molar refractivity (Wildman–Crippen MR) is 131 cm³/mol. The SMILES string of the molecule is Cc1ccc(NC(=O)COc2cccc(/C=N\NC(=O)C(=O)NCCCOC(C)C)c2)cc1Cl. The minimum atomic E-state index is -0.874. The van der Waals surface area contributed by atoms with E-state index in [-0.39, 0.29) is 18.6 Å². The Morgan fingerprint density at radius 2 is 1.91 bits per heavy atom. The fraction of sp³-hybridized carbons (Fsp3) is 0.333. The summed E-state index contributed by atoms with van der Waals surface area (Å²) in [6.45, 7) is 6.34. The molecule has 0 aliphatic rings. The lowest BCUT2D eigenvalue weighted by Crippen LogP contribution is -2.38. The maximum Gasteiger partial charge on any atom is 0.329 e. The normalized spacial score (nSPS) is 10.9. The maximum absolute atomic E-state index is 12.1. The molecule has 2 rings (SSSR count). The van der Waals surface area contributed by atoms with Gasteiger partial charge in [-0.3, -0.25) is 14.4 Å². The van der Waals surface area contributed by atoms with E-state index < -0.39 is 11.8 Å². The highest BCUT2D eigenvalue weighted by Crippen LogP contribution is 2.20. The summed E-state index contributed by atoms with van der Waals surface area (Å²) < 4.78 is 10.9. The Hall–Kier alpha value is -3.43. The van der Waals surface area contributed by atoms with Gasteiger partial charge in [0.25, 0.3) is 5.91 Å². The molecule has 3 N–H and O–H groups in total. The summed E-state index contributed by atoms with van der Waals surface area (Å²) in [5, 5.41) is 9.55. The van der Waals surface area contributed by atoms with Crippen LogP contribution in [0.25, 0.3) is 0 Å². The predicted octanol–water partition coefficient (Wildman–Crippen LogP) is 3.05. The number of nitrogens with one attached hydrogen (secondary N) is 3. The van der Waals surface area contributed by atoms with Crippen molar-refractivity contribution in [2.45, 2.75) is 33.3 Å². The fourth-order valence-electron chi connectivity index (χ4n) is 2.59. The number of carbonyl (C=O) groups is 3. The van der Waals surface area contributed by atoms with Gasteiger partial charge in [0.2, 0.25) is 0 Å². The lowest BCUT2D eigenvalue weighted by molar-refractivity contribution is -0.139. The van der Waals surface area contributed by atoms with Gasteiger partial charge in [-0.1, -0.05) is 29.8 Å². The van der Waals surface area contributed by atoms with E-state index in [0.717, 1.165) is 5.56 Å². The summed E-state index contributed by atoms with van der Waals surface area (Å²) in [5.41, 5.74) is 4.27. The Morgan fingerprint density at radius 1 is 1.12 bits per heavy atom. The number of nitrogens with zero attached hydrogens (tertiary/aromatic N) is 1. The molecule has 0 fully saturated rings. The molecule has 0 aliphatic carbocycles. The van der Waals surface area contributed by atoms with E-state index in [4.69, 9.17) is 21.1 Å². The van der Waals surface area contributed by atoms with E-state index in [1.165, 1.54) is 6.21 Å². The topological polar surface area (TPSA) is 118 Å². The molecule has 0 heterocycles. The monoisotopic (exact) mass is 488 g/mol. The average molecular weight is 489 g/mol. The van der Waals surface area contributed by atoms with Crippen LogP contribution in [0.4, 0.5) is 5.69 Å². The van der Waals surface area contributed by atoms with Crippen LogP contribution in [-0.2, 0) is 19.1 Å². The van der Waals surface area contributed by atoms with E-state index in [1.807, 2.05) is 26.8 Å². The quantitative estimate of drug-likeness (QED) is 0.194. The number of aryl methyl sites for hydroxylation is 1. The van der Waals surface area contributed by atoms with E-state index in [9.17, 15) is 14.4 Å². The first-order valence-electron chi connectivity index (χ1n) is 10.8. The second-order valence-corrected chi connectivity index (χ2v) is 8.01. The number of rotatable bonds is 11. The van der Waals surface area contributed by atoms with Crippen molar-refractivity contribution in [1.29, 1.82) is 0 Å². The largest absolute Gasteiger partial charge is 0.484 e. The first kappa shape index (κ1) is 26.8. The van der Waals surface area contributed by atoms with Gasteiger partial charge in [-0.15, -0.1) is 0 Å². The van der Waals surface area contributed by atoms with Gasteiger partial charge in [0.1, 0.15) is 5.75 Å². The zero-order valence-corrected chi connectivity index (χ0v) is 20.1. The molecule has 9 nitrogen and oxygen atoms in total. The third-order valence-electron chi connectivity index (χ3n) is 4.33. The van der Waals surface area contributed by atoms with E-state index in [0.29, 0.717) is 41.6 Å². The van der Waals surface area contributed by atoms with Crippen molar-refractivity contribution in [2.24, 2.45) is 5.10 Å². The second kappa shape index (κ2) is 14.0. The van der Waals surface area contributed by atoms with Crippen LogP contribution in [0, 0.1) is 6.92 Å². The van der Waals surface area contributed by atoms with Crippen LogP contribution in [0.1, 0.15) is 31.4 Å². The molecular weight excluding hydrogens is 460 g/mol. The number of amides is 3. The summed E-state index contributed by atoms with van der Waals surface area (Å²) in [7, 11) is 0. The van der Waals surface area contributed by atoms with Crippen LogP contribution in [0.15, 0.2) is 47.6 Å². The van der Waals surface area contributed by atoms with Crippen LogP contribution in [0.2, 0.25) is 5.02 Å². The summed E-state index contributed by atoms with van der Waals surface area (Å²) in [6.07, 6.45) is 2.08. The zero-order valence-electron chi connectivity index (χ0n) is 19.4. The van der Waals surface area contributed by atoms with Crippen molar-refractivity contribution in [2.75, 3.05) is 25.1 Å². The van der Waals surface area contributed by atoms with Crippen molar-refractivity contribution in [3.8, 4) is 5.75 Å². The molecular formula is C24H29ClN4O5. The molecule has 0 atom stereocenters. The highest BCUT2D eigenvalue weighted by Gasteiger charge is 2.11. The molecule has 0 saturated carbocycles. The van der Waals surface area contributed by atoms with Crippen molar-refractivity contribution in [1.82, 2.24) is 10.7 Å². The number of anilines is 1. The summed E-state index contributed by atoms with van der Waals surface area (Å²) in [4.78, 5) is 35.7. The molecule has 0 aliphatic heterocycles. The van der Waals surface area contributed by atoms with Crippen molar-refractivity contribution >= 4 is 41.2 Å². The van der Waals surface area contributed by atoms with Crippen LogP contribution < -0.4 is 20.8 Å². The lowest BCUT2D eigenvalue weighted by Gasteiger charge is -2.09. The molecule has 0 radical (unpaired) electrons. The van der Waals surface area contributed by atoms with Crippen molar-refractivity contribution in [3.63, 3.8) is 0 Å². The minimum absolute atomic E-state index is 0.118. The van der Waals surface area contributed by atoms with E-state index in [2.05, 4.69) is 21.2 Å². The highest BCUT2D eigenvalue weighted by atomic mass is 35.5. The number of ether oxygens (including phenoxy) is 2. The highest BCUT2D eigenvalue weighted by molar-refractivity contribution is 6.35. The number of halogens is 1. The van der Waals surface area contributed by atoms with Gasteiger partial charge in [-0.25, -0.2) is 5.43 Å². The van der Waals surface area contributed by atoms with E-state index in [1.54, 1.807) is 36.4 Å². The number of hydrogen-bond donors (Lipinski definition) is 3. The summed E-state index contributed by atoms with van der Waals surface area (Å²) >= 11 is 6.06. The second-order valence-electron chi connectivity index (χ2n) is 7.60. The standard InChI is InChI=1S/C24H29ClN4O5/c1-16(2)33-11-5-10-26-23(31)24(32)29-27-14-18-6-4-7-20(12-18)34-15-22(30)28-19-9-8-17(3)21(25)13-19/h4,6-9,12-14,16H,5,10-11,15H2,1-3H3,(H,26,31)(H,28,30)(H,29,32)/b27-14-. The zero-order chi connectivity index (χ0) is 24.9. The number of carbonyl (C=O) groups excluding carboxylic acids is 3. The maximum atomic E-state index is 12.1. The van der Waals surface area contributed by atoms with Gasteiger partial charge >= 0.3 is 11.8 Å². The van der Waals surface area contributed by atoms with Gasteiger partial charge in [0, 0.05) is 23.9 Å². The summed E-state index contributed by atoms with van der Waals surface area (Å²) in [6, 6.07) is 12.0.